The number of halogens is 7. The zero-order valence-corrected chi connectivity index (χ0v) is 24.3. The van der Waals surface area contributed by atoms with E-state index in [1.54, 1.807) is 13.0 Å². The predicted molar refractivity (Wildman–Crippen MR) is 149 cm³/mol. The molecule has 3 heterocycles. The monoisotopic (exact) mass is 626 g/mol. The van der Waals surface area contributed by atoms with Gasteiger partial charge in [-0.3, -0.25) is 14.6 Å². The number of hydrogen-bond donors (Lipinski definition) is 0. The molecule has 2 unspecified atom stereocenters. The summed E-state index contributed by atoms with van der Waals surface area (Å²) in [6.07, 6.45) is -7.76. The second-order valence-electron chi connectivity index (χ2n) is 11.7. The van der Waals surface area contributed by atoms with Gasteiger partial charge in [0.15, 0.2) is 0 Å². The molecule has 0 spiro atoms. The fourth-order valence-corrected chi connectivity index (χ4v) is 6.66. The minimum atomic E-state index is -5.05. The maximum atomic E-state index is 14.0. The average Bonchev–Trinajstić information content (AvgIpc) is 3.34. The molecule has 3 atom stereocenters. The van der Waals surface area contributed by atoms with Gasteiger partial charge in [0.05, 0.1) is 17.2 Å². The number of urea groups is 1. The Morgan fingerprint density at radius 1 is 0.932 bits per heavy atom. The fraction of sp³-hybridized carbons (Fsp3) is 0.484. The Kier molecular flexibility index (Phi) is 8.47. The van der Waals surface area contributed by atoms with Gasteiger partial charge in [-0.05, 0) is 73.2 Å². The maximum Gasteiger partial charge on any atom is 0.416 e. The lowest BCUT2D eigenvalue weighted by Crippen LogP contribution is -2.57. The molecule has 238 valence electrons. The topological polar surface area (TPSA) is 47.1 Å². The van der Waals surface area contributed by atoms with Crippen LogP contribution in [0.2, 0.25) is 0 Å². The van der Waals surface area contributed by atoms with Gasteiger partial charge >= 0.3 is 18.4 Å². The summed E-state index contributed by atoms with van der Waals surface area (Å²) in [5, 5.41) is 0. The Morgan fingerprint density at radius 2 is 1.59 bits per heavy atom. The predicted octanol–water partition coefficient (Wildman–Crippen LogP) is 6.71. The first-order chi connectivity index (χ1) is 20.5. The van der Waals surface area contributed by atoms with Crippen molar-refractivity contribution in [2.45, 2.75) is 63.1 Å². The Morgan fingerprint density at radius 3 is 2.20 bits per heavy atom. The summed E-state index contributed by atoms with van der Waals surface area (Å²) < 4.78 is 95.1. The highest BCUT2D eigenvalue weighted by Crippen LogP contribution is 2.40. The minimum absolute atomic E-state index is 0.0258. The van der Waals surface area contributed by atoms with E-state index < -0.39 is 46.9 Å². The summed E-state index contributed by atoms with van der Waals surface area (Å²) >= 11 is 0. The van der Waals surface area contributed by atoms with Gasteiger partial charge < -0.3 is 9.80 Å². The van der Waals surface area contributed by atoms with Crippen LogP contribution in [-0.4, -0.2) is 76.8 Å². The van der Waals surface area contributed by atoms with Crippen molar-refractivity contribution < 1.29 is 40.3 Å². The number of piperazine rings is 1. The number of alkyl halides is 6. The summed E-state index contributed by atoms with van der Waals surface area (Å²) in [4.78, 5) is 32.8. The van der Waals surface area contributed by atoms with E-state index in [1.165, 1.54) is 24.1 Å². The fourth-order valence-electron chi connectivity index (χ4n) is 6.66. The molecule has 6 nitrogen and oxygen atoms in total. The highest BCUT2D eigenvalue weighted by Gasteiger charge is 2.42. The number of aryl methyl sites for hydroxylation is 1. The highest BCUT2D eigenvalue weighted by atomic mass is 19.4. The molecule has 0 saturated carbocycles. The summed E-state index contributed by atoms with van der Waals surface area (Å²) in [6, 6.07) is 4.33. The number of carbonyl (C=O) groups is 2. The molecule has 0 bridgehead atoms. The zero-order chi connectivity index (χ0) is 32.1. The zero-order valence-electron chi connectivity index (χ0n) is 24.3. The van der Waals surface area contributed by atoms with Gasteiger partial charge in [-0.2, -0.15) is 26.3 Å². The second kappa shape index (κ2) is 11.7. The van der Waals surface area contributed by atoms with Crippen LogP contribution in [0.15, 0.2) is 43.0 Å². The van der Waals surface area contributed by atoms with Crippen LogP contribution in [0.4, 0.5) is 35.5 Å². The van der Waals surface area contributed by atoms with Crippen molar-refractivity contribution in [2.24, 2.45) is 0 Å². The molecular formula is C31H33F7N4O2. The van der Waals surface area contributed by atoms with Crippen LogP contribution in [0.5, 0.6) is 0 Å². The normalized spacial score (nSPS) is 23.1. The molecule has 0 aliphatic carbocycles. The van der Waals surface area contributed by atoms with Crippen molar-refractivity contribution in [3.63, 3.8) is 0 Å². The lowest BCUT2D eigenvalue weighted by Gasteiger charge is -2.48. The van der Waals surface area contributed by atoms with Crippen LogP contribution >= 0.6 is 0 Å². The number of rotatable bonds is 4. The number of carbonyl (C=O) groups excluding carboxylic acids is 2. The standard InChI is InChI=1S/C31H33F7N4O2/c1-18-12-23(32)4-6-26(18)27-16-24(40-10-11-41-25(17-40)5-7-28(41)43)8-9-42(27)29(44)39(3)19(2)20-13-21(30(33,34)35)15-22(14-20)31(36,37)38/h4,6,12-15,24-25,27H,2,5,7-11,16-17H2,1,3H3/t24?,25-,27?/m0/s1. The van der Waals surface area contributed by atoms with Crippen molar-refractivity contribution in [3.8, 4) is 0 Å². The van der Waals surface area contributed by atoms with Gasteiger partial charge in [0.1, 0.15) is 5.82 Å². The molecule has 0 aromatic heterocycles. The Balaban J connectivity index is 1.42. The van der Waals surface area contributed by atoms with E-state index in [0.29, 0.717) is 62.2 Å². The summed E-state index contributed by atoms with van der Waals surface area (Å²) in [5.74, 6) is -0.296. The third kappa shape index (κ3) is 6.29. The van der Waals surface area contributed by atoms with Crippen molar-refractivity contribution in [1.82, 2.24) is 19.6 Å². The number of benzene rings is 2. The lowest BCUT2D eigenvalue weighted by molar-refractivity contribution is -0.143. The molecule has 44 heavy (non-hydrogen) atoms. The smallest absolute Gasteiger partial charge is 0.337 e. The molecule has 13 heteroatoms. The van der Waals surface area contributed by atoms with Crippen LogP contribution < -0.4 is 0 Å². The van der Waals surface area contributed by atoms with E-state index in [9.17, 15) is 40.3 Å². The first kappa shape index (κ1) is 31.8. The SMILES string of the molecule is C=C(c1cc(C(F)(F)F)cc(C(F)(F)F)c1)N(C)C(=O)N1CCC(N2CCN3C(=O)CC[C@H]3C2)CC1c1ccc(F)cc1C. The maximum absolute atomic E-state index is 14.0. The largest absolute Gasteiger partial charge is 0.416 e. The number of amides is 3. The van der Waals surface area contributed by atoms with E-state index in [2.05, 4.69) is 11.5 Å². The van der Waals surface area contributed by atoms with Crippen molar-refractivity contribution in [1.29, 1.82) is 0 Å². The Labute approximate surface area is 250 Å². The highest BCUT2D eigenvalue weighted by molar-refractivity contribution is 5.85. The number of nitrogens with zero attached hydrogens (tertiary/aromatic N) is 4. The number of likely N-dealkylation sites (tertiary alicyclic amines) is 1. The van der Waals surface area contributed by atoms with Crippen LogP contribution in [-0.2, 0) is 17.1 Å². The molecule has 0 radical (unpaired) electrons. The molecule has 3 amide bonds. The van der Waals surface area contributed by atoms with Gasteiger partial charge in [0, 0.05) is 57.4 Å². The van der Waals surface area contributed by atoms with Gasteiger partial charge in [-0.1, -0.05) is 12.6 Å². The van der Waals surface area contributed by atoms with Gasteiger partial charge in [0.2, 0.25) is 5.91 Å². The van der Waals surface area contributed by atoms with Gasteiger partial charge in [-0.25, -0.2) is 9.18 Å². The molecule has 3 saturated heterocycles. The van der Waals surface area contributed by atoms with Crippen LogP contribution in [0.25, 0.3) is 5.70 Å². The first-order valence-electron chi connectivity index (χ1n) is 14.4. The average molecular weight is 627 g/mol. The minimum Gasteiger partial charge on any atom is -0.337 e. The van der Waals surface area contributed by atoms with Crippen molar-refractivity contribution >= 4 is 17.6 Å². The third-order valence-electron chi connectivity index (χ3n) is 9.07. The van der Waals surface area contributed by atoms with Crippen LogP contribution in [0, 0.1) is 12.7 Å². The molecule has 2 aromatic carbocycles. The van der Waals surface area contributed by atoms with Crippen molar-refractivity contribution in [3.05, 3.63) is 76.6 Å². The Hall–Kier alpha value is -3.61. The van der Waals surface area contributed by atoms with Crippen molar-refractivity contribution in [2.75, 3.05) is 33.2 Å². The molecular weight excluding hydrogens is 593 g/mol. The number of fused-ring (bicyclic) bond motifs is 1. The molecule has 3 aliphatic heterocycles. The second-order valence-corrected chi connectivity index (χ2v) is 11.7. The molecule has 5 rings (SSSR count). The van der Waals surface area contributed by atoms with E-state index in [4.69, 9.17) is 0 Å². The van der Waals surface area contributed by atoms with Gasteiger partial charge in [0.25, 0.3) is 0 Å². The van der Waals surface area contributed by atoms with E-state index in [0.717, 1.165) is 11.3 Å². The molecule has 0 N–H and O–H groups in total. The van der Waals surface area contributed by atoms with Crippen LogP contribution in [0.3, 0.4) is 0 Å². The van der Waals surface area contributed by atoms with E-state index in [1.807, 2.05) is 4.90 Å². The third-order valence-corrected chi connectivity index (χ3v) is 9.07. The summed E-state index contributed by atoms with van der Waals surface area (Å²) in [6.45, 7) is 7.64. The molecule has 2 aromatic rings. The molecule has 3 fully saturated rings. The lowest BCUT2D eigenvalue weighted by atomic mass is 9.88. The van der Waals surface area contributed by atoms with E-state index in [-0.39, 0.29) is 36.3 Å². The van der Waals surface area contributed by atoms with Crippen LogP contribution in [0.1, 0.15) is 59.5 Å². The molecule has 3 aliphatic rings. The number of piperidine rings is 1. The van der Waals surface area contributed by atoms with E-state index >= 15 is 0 Å². The summed E-state index contributed by atoms with van der Waals surface area (Å²) in [5.41, 5.74) is -2.53. The Bertz CT molecular complexity index is 1430. The summed E-state index contributed by atoms with van der Waals surface area (Å²) in [7, 11) is 1.26. The first-order valence-corrected chi connectivity index (χ1v) is 14.4. The van der Waals surface area contributed by atoms with Gasteiger partial charge in [-0.15, -0.1) is 0 Å². The number of hydrogen-bond acceptors (Lipinski definition) is 3. The quantitative estimate of drug-likeness (QED) is 0.355.